The smallest absolute Gasteiger partial charge is 0.140 e. The van der Waals surface area contributed by atoms with Gasteiger partial charge in [0.1, 0.15) is 23.0 Å². The Morgan fingerprint density at radius 1 is 0.500 bits per heavy atom. The summed E-state index contributed by atoms with van der Waals surface area (Å²) < 4.78 is 13.9. The van der Waals surface area contributed by atoms with Crippen molar-refractivity contribution in [2.24, 2.45) is 0 Å². The molecule has 9 heteroatoms. The lowest BCUT2D eigenvalue weighted by molar-refractivity contribution is 0.412. The van der Waals surface area contributed by atoms with Crippen molar-refractivity contribution in [2.75, 3.05) is 20.1 Å². The Labute approximate surface area is 228 Å². The minimum absolute atomic E-state index is 0.144. The highest BCUT2D eigenvalue weighted by Gasteiger charge is 2.12. The molecule has 0 heterocycles. The third-order valence-corrected chi connectivity index (χ3v) is 6.99. The van der Waals surface area contributed by atoms with Gasteiger partial charge in [-0.25, -0.2) is 0 Å². The van der Waals surface area contributed by atoms with E-state index in [1.54, 1.807) is 38.5 Å². The number of halogens is 5. The fourth-order valence-corrected chi connectivity index (χ4v) is 4.74. The fraction of sp³-hybridized carbons (Fsp3) is 0.130. The zero-order valence-electron chi connectivity index (χ0n) is 17.2. The maximum absolute atomic E-state index is 9.70. The predicted molar refractivity (Wildman–Crippen MR) is 150 cm³/mol. The second-order valence-electron chi connectivity index (χ2n) is 6.14. The molecule has 0 aliphatic carbocycles. The molecule has 0 saturated carbocycles. The molecule has 0 aliphatic rings. The molecule has 2 N–H and O–H groups in total. The molecular formula is C23H19Br5O4. The number of methoxy groups -OCH3 is 2. The molecule has 4 nitrogen and oxygen atoms in total. The van der Waals surface area contributed by atoms with Gasteiger partial charge in [-0.2, -0.15) is 0 Å². The monoisotopic (exact) mass is 754 g/mol. The summed E-state index contributed by atoms with van der Waals surface area (Å²) in [4.78, 5) is 0. The van der Waals surface area contributed by atoms with E-state index in [1.165, 1.54) is 0 Å². The summed E-state index contributed by atoms with van der Waals surface area (Å²) in [6, 6.07) is 14.8. The molecule has 0 unspecified atom stereocenters. The zero-order valence-corrected chi connectivity index (χ0v) is 25.1. The van der Waals surface area contributed by atoms with Crippen LogP contribution in [0, 0.1) is 0 Å². The Morgan fingerprint density at radius 3 is 1.09 bits per heavy atom. The van der Waals surface area contributed by atoms with Gasteiger partial charge in [0, 0.05) is 21.5 Å². The van der Waals surface area contributed by atoms with Crippen LogP contribution in [0.15, 0.2) is 66.4 Å². The fourth-order valence-electron chi connectivity index (χ4n) is 3.03. The molecule has 0 saturated heterocycles. The summed E-state index contributed by atoms with van der Waals surface area (Å²) in [7, 11) is 3.32. The topological polar surface area (TPSA) is 58.9 Å². The van der Waals surface area contributed by atoms with Crippen molar-refractivity contribution >= 4 is 101 Å². The summed E-state index contributed by atoms with van der Waals surface area (Å²) >= 11 is 16.3. The maximum atomic E-state index is 9.70. The van der Waals surface area contributed by atoms with Crippen LogP contribution >= 0.6 is 79.6 Å². The molecule has 4 aromatic rings. The number of rotatable bonds is 2. The average molecular weight is 759 g/mol. The van der Waals surface area contributed by atoms with Crippen LogP contribution < -0.4 is 9.47 Å². The van der Waals surface area contributed by atoms with Gasteiger partial charge in [-0.1, -0.05) is 15.9 Å². The molecule has 4 rings (SSSR count). The van der Waals surface area contributed by atoms with Crippen LogP contribution in [0.5, 0.6) is 23.0 Å². The Morgan fingerprint density at radius 2 is 0.781 bits per heavy atom. The van der Waals surface area contributed by atoms with Crippen LogP contribution in [-0.4, -0.2) is 30.3 Å². The molecule has 32 heavy (non-hydrogen) atoms. The van der Waals surface area contributed by atoms with Gasteiger partial charge in [-0.05, 0) is 118 Å². The van der Waals surface area contributed by atoms with Gasteiger partial charge in [-0.15, -0.1) is 0 Å². The summed E-state index contributed by atoms with van der Waals surface area (Å²) in [6.07, 6.45) is 0. The van der Waals surface area contributed by atoms with Crippen molar-refractivity contribution in [1.82, 2.24) is 0 Å². The molecule has 0 bridgehead atoms. The number of hydrogen-bond acceptors (Lipinski definition) is 4. The van der Waals surface area contributed by atoms with Gasteiger partial charge in [0.15, 0.2) is 0 Å². The molecule has 0 aliphatic heterocycles. The van der Waals surface area contributed by atoms with Crippen molar-refractivity contribution in [2.45, 2.75) is 0 Å². The van der Waals surface area contributed by atoms with Crippen LogP contribution in [-0.2, 0) is 0 Å². The second kappa shape index (κ2) is 12.5. The Hall–Kier alpha value is -1.00. The standard InChI is InChI=1S/C12H10Br2O2.C10H6Br2O2.CH3Br/c1-15-11-7-3-6-10(14)12(16-2)8(7)4-5-9(11)13;11-7-3-1-5-6(10(7)14)2-4-8(12)9(5)13;1-2/h3-6H,1-2H3;1-4,13-14H;1H3. The maximum Gasteiger partial charge on any atom is 0.140 e. The number of alkyl halides is 1. The number of phenols is 2. The normalized spacial score (nSPS) is 10.1. The number of ether oxygens (including phenoxy) is 2. The lowest BCUT2D eigenvalue weighted by atomic mass is 10.1. The Bertz CT molecular complexity index is 1150. The highest BCUT2D eigenvalue weighted by molar-refractivity contribution is 9.11. The predicted octanol–water partition coefficient (Wildman–Crippen LogP) is 9.17. The van der Waals surface area contributed by atoms with E-state index >= 15 is 0 Å². The highest BCUT2D eigenvalue weighted by atomic mass is 79.9. The lowest BCUT2D eigenvalue weighted by Gasteiger charge is -2.12. The van der Waals surface area contributed by atoms with Crippen molar-refractivity contribution in [3.63, 3.8) is 0 Å². The van der Waals surface area contributed by atoms with Crippen LogP contribution in [0.1, 0.15) is 0 Å². The van der Waals surface area contributed by atoms with E-state index < -0.39 is 0 Å². The minimum atomic E-state index is 0.144. The third-order valence-electron chi connectivity index (χ3n) is 4.46. The second-order valence-corrected chi connectivity index (χ2v) is 9.56. The first kappa shape index (κ1) is 27.2. The van der Waals surface area contributed by atoms with Crippen LogP contribution in [0.3, 0.4) is 0 Å². The van der Waals surface area contributed by atoms with E-state index in [4.69, 9.17) is 9.47 Å². The number of fused-ring (bicyclic) bond motifs is 2. The van der Waals surface area contributed by atoms with Crippen LogP contribution in [0.4, 0.5) is 0 Å². The van der Waals surface area contributed by atoms with E-state index in [0.29, 0.717) is 19.7 Å². The number of aromatic hydroxyl groups is 2. The van der Waals surface area contributed by atoms with E-state index in [0.717, 1.165) is 31.2 Å². The first-order valence-electron chi connectivity index (χ1n) is 8.95. The molecule has 0 fully saturated rings. The largest absolute Gasteiger partial charge is 0.506 e. The molecule has 0 amide bonds. The number of phenolic OH excluding ortho intramolecular Hbond substituents is 2. The van der Waals surface area contributed by atoms with E-state index in [1.807, 2.05) is 30.1 Å². The van der Waals surface area contributed by atoms with Crippen LogP contribution in [0.2, 0.25) is 0 Å². The third kappa shape index (κ3) is 5.73. The van der Waals surface area contributed by atoms with Gasteiger partial charge in [0.25, 0.3) is 0 Å². The molecule has 4 aromatic carbocycles. The molecule has 0 radical (unpaired) electrons. The summed E-state index contributed by atoms with van der Waals surface area (Å²) in [5, 5.41) is 22.7. The molecule has 170 valence electrons. The highest BCUT2D eigenvalue weighted by Crippen LogP contribution is 2.41. The summed E-state index contributed by atoms with van der Waals surface area (Å²) in [5.74, 6) is 3.75. The Kier molecular flexibility index (Phi) is 10.6. The summed E-state index contributed by atoms with van der Waals surface area (Å²) in [5.41, 5.74) is 0. The first-order valence-corrected chi connectivity index (χ1v) is 13.7. The van der Waals surface area contributed by atoms with Crippen molar-refractivity contribution in [3.05, 3.63) is 66.4 Å². The lowest BCUT2D eigenvalue weighted by Crippen LogP contribution is -1.90. The molecule has 0 aromatic heterocycles. The quantitative estimate of drug-likeness (QED) is 0.200. The van der Waals surface area contributed by atoms with Crippen molar-refractivity contribution in [3.8, 4) is 23.0 Å². The van der Waals surface area contributed by atoms with Gasteiger partial charge in [0.05, 0.1) is 32.1 Å². The van der Waals surface area contributed by atoms with Gasteiger partial charge in [0.2, 0.25) is 0 Å². The Balaban J connectivity index is 0.000000212. The molecule has 0 spiro atoms. The van der Waals surface area contributed by atoms with Crippen LogP contribution in [0.25, 0.3) is 21.5 Å². The molecule has 0 atom stereocenters. The summed E-state index contributed by atoms with van der Waals surface area (Å²) in [6.45, 7) is 0. The van der Waals surface area contributed by atoms with Gasteiger partial charge in [-0.3, -0.25) is 0 Å². The first-order chi connectivity index (χ1) is 15.3. The SMILES string of the molecule is CBr.COc1c(Br)ccc2c(OC)c(Br)ccc12.Oc1c(Br)ccc2c(O)c(Br)ccc12. The van der Waals surface area contributed by atoms with E-state index in [2.05, 4.69) is 79.6 Å². The van der Waals surface area contributed by atoms with Gasteiger partial charge >= 0.3 is 0 Å². The van der Waals surface area contributed by atoms with Crippen molar-refractivity contribution < 1.29 is 19.7 Å². The average Bonchev–Trinajstić information content (AvgIpc) is 2.80. The van der Waals surface area contributed by atoms with E-state index in [9.17, 15) is 10.2 Å². The number of hydrogen-bond donors (Lipinski definition) is 2. The number of benzene rings is 4. The minimum Gasteiger partial charge on any atom is -0.506 e. The zero-order chi connectivity index (χ0) is 24.0. The van der Waals surface area contributed by atoms with Crippen molar-refractivity contribution in [1.29, 1.82) is 0 Å². The van der Waals surface area contributed by atoms with Gasteiger partial charge < -0.3 is 19.7 Å². The molecular weight excluding hydrogens is 740 g/mol. The van der Waals surface area contributed by atoms with E-state index in [-0.39, 0.29) is 11.5 Å².